The molecule has 0 aromatic heterocycles. The Hall–Kier alpha value is -1.09. The number of rotatable bonds is 11. The number of ether oxygens (including phenoxy) is 1. The lowest BCUT2D eigenvalue weighted by molar-refractivity contribution is -0.134. The zero-order valence-electron chi connectivity index (χ0n) is 15.0. The van der Waals surface area contributed by atoms with Gasteiger partial charge in [0.15, 0.2) is 0 Å². The summed E-state index contributed by atoms with van der Waals surface area (Å²) in [4.78, 5) is 11.1. The molecule has 0 radical (unpaired) electrons. The molecule has 1 N–H and O–H groups in total. The Morgan fingerprint density at radius 1 is 1.27 bits per heavy atom. The van der Waals surface area contributed by atoms with Crippen LogP contribution in [0.5, 0.6) is 0 Å². The number of hydrogen-bond acceptors (Lipinski definition) is 3. The Kier molecular flexibility index (Phi) is 10.9. The van der Waals surface area contributed by atoms with Gasteiger partial charge in [-0.25, -0.2) is 4.79 Å². The minimum atomic E-state index is -0.478. The summed E-state index contributed by atoms with van der Waals surface area (Å²) in [5, 5.41) is 10.3. The molecule has 1 atom stereocenters. The van der Waals surface area contributed by atoms with Crippen LogP contribution in [-0.4, -0.2) is 23.8 Å². The van der Waals surface area contributed by atoms with Crippen LogP contribution in [0.3, 0.4) is 0 Å². The Morgan fingerprint density at radius 3 is 2.41 bits per heavy atom. The molecule has 1 unspecified atom stereocenters. The Bertz CT molecular complexity index is 365. The van der Waals surface area contributed by atoms with Gasteiger partial charge in [-0.1, -0.05) is 52.2 Å². The molecule has 3 heteroatoms. The predicted octanol–water partition coefficient (Wildman–Crippen LogP) is 4.80. The van der Waals surface area contributed by atoms with Crippen LogP contribution in [0.4, 0.5) is 0 Å². The first-order valence-corrected chi connectivity index (χ1v) is 8.55. The van der Waals surface area contributed by atoms with E-state index in [0.29, 0.717) is 5.92 Å². The number of aliphatic hydroxyl groups is 1. The zero-order valence-corrected chi connectivity index (χ0v) is 15.0. The molecule has 0 saturated carbocycles. The van der Waals surface area contributed by atoms with Crippen LogP contribution in [0.15, 0.2) is 23.8 Å². The highest BCUT2D eigenvalue weighted by Crippen LogP contribution is 2.25. The van der Waals surface area contributed by atoms with Gasteiger partial charge in [0, 0.05) is 6.08 Å². The third-order valence-electron chi connectivity index (χ3n) is 4.54. The minimum Gasteiger partial charge on any atom is -0.466 e. The molecular formula is C19H34O3. The van der Waals surface area contributed by atoms with Gasteiger partial charge in [0.05, 0.1) is 12.7 Å². The summed E-state index contributed by atoms with van der Waals surface area (Å²) in [7, 11) is 1.39. The zero-order chi connectivity index (χ0) is 17.0. The molecule has 0 fully saturated rings. The highest BCUT2D eigenvalue weighted by molar-refractivity contribution is 5.83. The fourth-order valence-corrected chi connectivity index (χ4v) is 2.55. The molecule has 128 valence electrons. The second-order valence-corrected chi connectivity index (χ2v) is 6.15. The molecule has 0 spiro atoms. The van der Waals surface area contributed by atoms with Crippen molar-refractivity contribution in [2.24, 2.45) is 5.92 Å². The Morgan fingerprint density at radius 2 is 1.91 bits per heavy atom. The molecule has 0 aromatic rings. The van der Waals surface area contributed by atoms with E-state index in [-0.39, 0.29) is 5.97 Å². The van der Waals surface area contributed by atoms with E-state index in [4.69, 9.17) is 0 Å². The highest BCUT2D eigenvalue weighted by atomic mass is 16.5. The number of carbonyl (C=O) groups is 1. The van der Waals surface area contributed by atoms with Gasteiger partial charge in [-0.3, -0.25) is 0 Å². The summed E-state index contributed by atoms with van der Waals surface area (Å²) in [5.41, 5.74) is 0.432. The average Bonchev–Trinajstić information content (AvgIpc) is 2.52. The van der Waals surface area contributed by atoms with Gasteiger partial charge in [-0.05, 0) is 44.1 Å². The van der Waals surface area contributed by atoms with E-state index in [9.17, 15) is 9.90 Å². The van der Waals surface area contributed by atoms with Crippen molar-refractivity contribution in [3.8, 4) is 0 Å². The van der Waals surface area contributed by atoms with Gasteiger partial charge in [0.25, 0.3) is 0 Å². The van der Waals surface area contributed by atoms with Gasteiger partial charge in [0.1, 0.15) is 0 Å². The number of allylic oxidation sites excluding steroid dienone is 3. The van der Waals surface area contributed by atoms with Crippen LogP contribution >= 0.6 is 0 Å². The first-order chi connectivity index (χ1) is 10.4. The largest absolute Gasteiger partial charge is 0.466 e. The second-order valence-electron chi connectivity index (χ2n) is 6.15. The van der Waals surface area contributed by atoms with E-state index in [1.807, 2.05) is 13.0 Å². The fourth-order valence-electron chi connectivity index (χ4n) is 2.55. The number of methoxy groups -OCH3 is 1. The van der Waals surface area contributed by atoms with Crippen LogP contribution in [0.25, 0.3) is 0 Å². The van der Waals surface area contributed by atoms with Crippen LogP contribution in [0.2, 0.25) is 0 Å². The average molecular weight is 310 g/mol. The SMILES string of the molecule is CCC(C/C=C/C(C)=C/C(=O)OC)CCCC(O)(CC)CC. The first kappa shape index (κ1) is 20.9. The lowest BCUT2D eigenvalue weighted by atomic mass is 9.87. The molecule has 0 amide bonds. The molecule has 0 aliphatic rings. The van der Waals surface area contributed by atoms with Crippen molar-refractivity contribution >= 4 is 5.97 Å². The van der Waals surface area contributed by atoms with E-state index >= 15 is 0 Å². The van der Waals surface area contributed by atoms with E-state index in [1.165, 1.54) is 13.2 Å². The smallest absolute Gasteiger partial charge is 0.330 e. The lowest BCUT2D eigenvalue weighted by Gasteiger charge is -2.25. The maximum absolute atomic E-state index is 11.1. The van der Waals surface area contributed by atoms with Gasteiger partial charge >= 0.3 is 5.97 Å². The molecule has 0 aromatic carbocycles. The standard InChI is InChI=1S/C19H34O3/c1-6-17(13-10-14-19(21,7-2)8-3)12-9-11-16(4)15-18(20)22-5/h9,11,15,17,21H,6-8,10,12-14H2,1-5H3/b11-9+,16-15+. The summed E-state index contributed by atoms with van der Waals surface area (Å²) < 4.78 is 4.60. The molecule has 0 heterocycles. The maximum atomic E-state index is 11.1. The molecule has 0 saturated heterocycles. The van der Waals surface area contributed by atoms with E-state index in [2.05, 4.69) is 31.6 Å². The highest BCUT2D eigenvalue weighted by Gasteiger charge is 2.21. The third kappa shape index (κ3) is 9.04. The molecule has 0 aliphatic carbocycles. The van der Waals surface area contributed by atoms with Crippen LogP contribution in [-0.2, 0) is 9.53 Å². The number of esters is 1. The normalized spacial score (nSPS) is 14.4. The molecule has 0 rings (SSSR count). The van der Waals surface area contributed by atoms with Crippen LogP contribution in [0, 0.1) is 5.92 Å². The van der Waals surface area contributed by atoms with E-state index < -0.39 is 5.60 Å². The van der Waals surface area contributed by atoms with E-state index in [0.717, 1.165) is 50.5 Å². The van der Waals surface area contributed by atoms with Crippen LogP contribution in [0.1, 0.15) is 72.6 Å². The quantitative estimate of drug-likeness (QED) is 0.339. The van der Waals surface area contributed by atoms with Crippen molar-refractivity contribution in [2.45, 2.75) is 78.2 Å². The van der Waals surface area contributed by atoms with Crippen molar-refractivity contribution in [1.29, 1.82) is 0 Å². The Labute approximate surface area is 136 Å². The Balaban J connectivity index is 4.22. The minimum absolute atomic E-state index is 0.312. The van der Waals surface area contributed by atoms with Crippen molar-refractivity contribution in [3.05, 3.63) is 23.8 Å². The molecular weight excluding hydrogens is 276 g/mol. The summed E-state index contributed by atoms with van der Waals surface area (Å²) in [6.45, 7) is 8.22. The number of hydrogen-bond donors (Lipinski definition) is 1. The lowest BCUT2D eigenvalue weighted by Crippen LogP contribution is -2.26. The number of carbonyl (C=O) groups excluding carboxylic acids is 1. The van der Waals surface area contributed by atoms with Gasteiger partial charge in [-0.15, -0.1) is 0 Å². The molecule has 0 aliphatic heterocycles. The summed E-state index contributed by atoms with van der Waals surface area (Å²) in [6, 6.07) is 0. The topological polar surface area (TPSA) is 46.5 Å². The third-order valence-corrected chi connectivity index (χ3v) is 4.54. The van der Waals surface area contributed by atoms with Crippen LogP contribution < -0.4 is 0 Å². The molecule has 3 nitrogen and oxygen atoms in total. The van der Waals surface area contributed by atoms with E-state index in [1.54, 1.807) is 0 Å². The molecule has 22 heavy (non-hydrogen) atoms. The summed E-state index contributed by atoms with van der Waals surface area (Å²) in [6.07, 6.45) is 12.5. The monoisotopic (exact) mass is 310 g/mol. The first-order valence-electron chi connectivity index (χ1n) is 8.55. The maximum Gasteiger partial charge on any atom is 0.330 e. The van der Waals surface area contributed by atoms with Crippen molar-refractivity contribution in [2.75, 3.05) is 7.11 Å². The van der Waals surface area contributed by atoms with Gasteiger partial charge in [0.2, 0.25) is 0 Å². The fraction of sp³-hybridized carbons (Fsp3) is 0.737. The van der Waals surface area contributed by atoms with Crippen molar-refractivity contribution in [3.63, 3.8) is 0 Å². The molecule has 0 bridgehead atoms. The van der Waals surface area contributed by atoms with Crippen molar-refractivity contribution < 1.29 is 14.6 Å². The van der Waals surface area contributed by atoms with Gasteiger partial charge < -0.3 is 9.84 Å². The predicted molar refractivity (Wildman–Crippen MR) is 92.7 cm³/mol. The summed E-state index contributed by atoms with van der Waals surface area (Å²) >= 11 is 0. The summed E-state index contributed by atoms with van der Waals surface area (Å²) in [5.74, 6) is 0.327. The second kappa shape index (κ2) is 11.5. The van der Waals surface area contributed by atoms with Crippen molar-refractivity contribution in [1.82, 2.24) is 0 Å². The van der Waals surface area contributed by atoms with Gasteiger partial charge in [-0.2, -0.15) is 0 Å².